The lowest BCUT2D eigenvalue weighted by Crippen LogP contribution is -2.34. The summed E-state index contributed by atoms with van der Waals surface area (Å²) in [7, 11) is 0. The lowest BCUT2D eigenvalue weighted by Gasteiger charge is -2.21. The van der Waals surface area contributed by atoms with E-state index in [-0.39, 0.29) is 11.8 Å². The Morgan fingerprint density at radius 1 is 1.10 bits per heavy atom. The van der Waals surface area contributed by atoms with E-state index >= 15 is 0 Å². The summed E-state index contributed by atoms with van der Waals surface area (Å²) in [4.78, 5) is 26.4. The number of carbonyl (C=O) groups is 2. The van der Waals surface area contributed by atoms with E-state index in [4.69, 9.17) is 11.6 Å². The Morgan fingerprint density at radius 2 is 1.90 bits per heavy atom. The molecule has 0 aliphatic carbocycles. The van der Waals surface area contributed by atoms with Crippen LogP contribution in [-0.4, -0.2) is 38.0 Å². The Kier molecular flexibility index (Phi) is 7.53. The molecular formula is C23H28ClN3O2. The molecule has 0 aromatic heterocycles. The lowest BCUT2D eigenvalue weighted by atomic mass is 10.1. The van der Waals surface area contributed by atoms with E-state index < -0.39 is 0 Å². The third kappa shape index (κ3) is 6.50. The molecular weight excluding hydrogens is 386 g/mol. The number of aryl methyl sites for hydroxylation is 1. The fraction of sp³-hybridized carbons (Fsp3) is 0.391. The van der Waals surface area contributed by atoms with Gasteiger partial charge in [-0.25, -0.2) is 0 Å². The Balaban J connectivity index is 1.34. The standard InChI is InChI=1S/C23H28ClN3O2/c1-17-7-8-20(24)14-21(17)27-12-10-19(16-27)15-26-22(28)9-11-25-23(29)13-18-5-3-2-4-6-18/h2-8,14,19H,9-13,15-16H2,1H3,(H,25,29)(H,26,28). The van der Waals surface area contributed by atoms with E-state index in [1.165, 1.54) is 11.3 Å². The van der Waals surface area contributed by atoms with Crippen LogP contribution in [0.25, 0.3) is 0 Å². The molecule has 1 atom stereocenters. The first kappa shape index (κ1) is 21.2. The second-order valence-corrected chi connectivity index (χ2v) is 8.03. The van der Waals surface area contributed by atoms with Gasteiger partial charge in [-0.15, -0.1) is 0 Å². The molecule has 1 aliphatic heterocycles. The smallest absolute Gasteiger partial charge is 0.224 e. The van der Waals surface area contributed by atoms with Crippen molar-refractivity contribution in [1.29, 1.82) is 0 Å². The molecule has 3 rings (SSSR count). The number of hydrogen-bond donors (Lipinski definition) is 2. The Labute approximate surface area is 177 Å². The van der Waals surface area contributed by atoms with Crippen LogP contribution in [0.2, 0.25) is 5.02 Å². The molecule has 1 saturated heterocycles. The van der Waals surface area contributed by atoms with Crippen molar-refractivity contribution in [3.8, 4) is 0 Å². The molecule has 1 unspecified atom stereocenters. The molecule has 2 N–H and O–H groups in total. The van der Waals surface area contributed by atoms with Gasteiger partial charge in [0, 0.05) is 43.3 Å². The van der Waals surface area contributed by atoms with Crippen LogP contribution < -0.4 is 15.5 Å². The number of benzene rings is 2. The van der Waals surface area contributed by atoms with Crippen molar-refractivity contribution in [2.24, 2.45) is 5.92 Å². The van der Waals surface area contributed by atoms with Gasteiger partial charge in [-0.05, 0) is 42.5 Å². The number of nitrogens with zero attached hydrogens (tertiary/aromatic N) is 1. The molecule has 0 bridgehead atoms. The average molecular weight is 414 g/mol. The van der Waals surface area contributed by atoms with Crippen LogP contribution in [0, 0.1) is 12.8 Å². The monoisotopic (exact) mass is 413 g/mol. The maximum atomic E-state index is 12.1. The third-order valence-electron chi connectivity index (χ3n) is 5.27. The summed E-state index contributed by atoms with van der Waals surface area (Å²) in [5.74, 6) is 0.333. The molecule has 154 valence electrons. The quantitative estimate of drug-likeness (QED) is 0.697. The zero-order chi connectivity index (χ0) is 20.6. The Morgan fingerprint density at radius 3 is 2.69 bits per heavy atom. The SMILES string of the molecule is Cc1ccc(Cl)cc1N1CCC(CNC(=O)CCNC(=O)Cc2ccccc2)C1. The van der Waals surface area contributed by atoms with Crippen LogP contribution in [-0.2, 0) is 16.0 Å². The molecule has 5 nitrogen and oxygen atoms in total. The van der Waals surface area contributed by atoms with Gasteiger partial charge in [0.05, 0.1) is 6.42 Å². The number of rotatable bonds is 8. The van der Waals surface area contributed by atoms with E-state index in [0.717, 1.165) is 30.1 Å². The predicted octanol–water partition coefficient (Wildman–Crippen LogP) is 3.34. The first-order valence-electron chi connectivity index (χ1n) is 10.1. The zero-order valence-corrected chi connectivity index (χ0v) is 17.5. The highest BCUT2D eigenvalue weighted by molar-refractivity contribution is 6.30. The largest absolute Gasteiger partial charge is 0.371 e. The third-order valence-corrected chi connectivity index (χ3v) is 5.50. The minimum atomic E-state index is -0.0627. The van der Waals surface area contributed by atoms with E-state index in [0.29, 0.717) is 31.8 Å². The van der Waals surface area contributed by atoms with Crippen LogP contribution in [0.5, 0.6) is 0 Å². The van der Waals surface area contributed by atoms with Gasteiger partial charge in [0.15, 0.2) is 0 Å². The molecule has 29 heavy (non-hydrogen) atoms. The molecule has 1 aliphatic rings. The number of nitrogens with one attached hydrogen (secondary N) is 2. The summed E-state index contributed by atoms with van der Waals surface area (Å²) in [5.41, 5.74) is 3.35. The lowest BCUT2D eigenvalue weighted by molar-refractivity contribution is -0.122. The van der Waals surface area contributed by atoms with Gasteiger partial charge in [0.25, 0.3) is 0 Å². The van der Waals surface area contributed by atoms with Gasteiger partial charge in [-0.1, -0.05) is 48.0 Å². The Hall–Kier alpha value is -2.53. The number of amides is 2. The minimum absolute atomic E-state index is 0.0256. The van der Waals surface area contributed by atoms with Crippen LogP contribution in [0.3, 0.4) is 0 Å². The maximum absolute atomic E-state index is 12.1. The number of hydrogen-bond acceptors (Lipinski definition) is 3. The van der Waals surface area contributed by atoms with E-state index in [1.807, 2.05) is 48.5 Å². The fourth-order valence-electron chi connectivity index (χ4n) is 3.65. The van der Waals surface area contributed by atoms with Gasteiger partial charge >= 0.3 is 0 Å². The predicted molar refractivity (Wildman–Crippen MR) is 117 cm³/mol. The van der Waals surface area contributed by atoms with Crippen molar-refractivity contribution >= 4 is 29.1 Å². The molecule has 0 saturated carbocycles. The normalized spacial score (nSPS) is 15.9. The van der Waals surface area contributed by atoms with Crippen molar-refractivity contribution in [3.63, 3.8) is 0 Å². The molecule has 1 heterocycles. The summed E-state index contributed by atoms with van der Waals surface area (Å²) in [6.45, 7) is 4.99. The molecule has 6 heteroatoms. The maximum Gasteiger partial charge on any atom is 0.224 e. The van der Waals surface area contributed by atoms with E-state index in [1.54, 1.807) is 0 Å². The van der Waals surface area contributed by atoms with Crippen molar-refractivity contribution in [2.75, 3.05) is 31.1 Å². The zero-order valence-electron chi connectivity index (χ0n) is 16.8. The second-order valence-electron chi connectivity index (χ2n) is 7.60. The second kappa shape index (κ2) is 10.3. The van der Waals surface area contributed by atoms with Crippen LogP contribution in [0.1, 0.15) is 24.0 Å². The summed E-state index contributed by atoms with van der Waals surface area (Å²) in [6, 6.07) is 15.5. The van der Waals surface area contributed by atoms with Crippen molar-refractivity contribution in [1.82, 2.24) is 10.6 Å². The summed E-state index contributed by atoms with van der Waals surface area (Å²) in [6.07, 6.45) is 1.67. The molecule has 0 radical (unpaired) electrons. The van der Waals surface area contributed by atoms with Gasteiger partial charge in [-0.2, -0.15) is 0 Å². The first-order chi connectivity index (χ1) is 14.0. The summed E-state index contributed by atoms with van der Waals surface area (Å²) >= 11 is 6.14. The van der Waals surface area contributed by atoms with Gasteiger partial charge in [-0.3, -0.25) is 9.59 Å². The highest BCUT2D eigenvalue weighted by atomic mass is 35.5. The van der Waals surface area contributed by atoms with Gasteiger partial charge in [0.1, 0.15) is 0 Å². The number of anilines is 1. The molecule has 1 fully saturated rings. The summed E-state index contributed by atoms with van der Waals surface area (Å²) in [5, 5.41) is 6.56. The topological polar surface area (TPSA) is 61.4 Å². The molecule has 2 aromatic carbocycles. The van der Waals surface area contributed by atoms with Crippen LogP contribution in [0.15, 0.2) is 48.5 Å². The molecule has 2 amide bonds. The van der Waals surface area contributed by atoms with Gasteiger partial charge < -0.3 is 15.5 Å². The molecule has 2 aromatic rings. The van der Waals surface area contributed by atoms with E-state index in [9.17, 15) is 9.59 Å². The number of carbonyl (C=O) groups excluding carboxylic acids is 2. The summed E-state index contributed by atoms with van der Waals surface area (Å²) < 4.78 is 0. The molecule has 0 spiro atoms. The Bertz CT molecular complexity index is 841. The van der Waals surface area contributed by atoms with Crippen LogP contribution in [0.4, 0.5) is 5.69 Å². The minimum Gasteiger partial charge on any atom is -0.371 e. The van der Waals surface area contributed by atoms with Crippen molar-refractivity contribution in [2.45, 2.75) is 26.2 Å². The highest BCUT2D eigenvalue weighted by Gasteiger charge is 2.24. The average Bonchev–Trinajstić information content (AvgIpc) is 3.18. The van der Waals surface area contributed by atoms with Gasteiger partial charge in [0.2, 0.25) is 11.8 Å². The fourth-order valence-corrected chi connectivity index (χ4v) is 3.81. The van der Waals surface area contributed by atoms with Crippen LogP contribution >= 0.6 is 11.6 Å². The van der Waals surface area contributed by atoms with E-state index in [2.05, 4.69) is 22.5 Å². The first-order valence-corrected chi connectivity index (χ1v) is 10.5. The number of halogens is 1. The highest BCUT2D eigenvalue weighted by Crippen LogP contribution is 2.29. The van der Waals surface area contributed by atoms with Crippen molar-refractivity contribution < 1.29 is 9.59 Å². The van der Waals surface area contributed by atoms with Crippen molar-refractivity contribution in [3.05, 3.63) is 64.7 Å².